The number of methoxy groups -OCH3 is 1. The van der Waals surface area contributed by atoms with Gasteiger partial charge in [0.05, 0.1) is 31.9 Å². The summed E-state index contributed by atoms with van der Waals surface area (Å²) < 4.78 is 10.3. The highest BCUT2D eigenvalue weighted by molar-refractivity contribution is 5.89. The normalized spacial score (nSPS) is 11.9. The number of ether oxygens (including phenoxy) is 2. The van der Waals surface area contributed by atoms with Crippen molar-refractivity contribution in [3.63, 3.8) is 0 Å². The summed E-state index contributed by atoms with van der Waals surface area (Å²) >= 11 is 0. The second kappa shape index (κ2) is 9.37. The number of benzene rings is 1. The first-order valence-electron chi connectivity index (χ1n) is 7.31. The van der Waals surface area contributed by atoms with Crippen LogP contribution in [0.5, 0.6) is 5.75 Å². The van der Waals surface area contributed by atoms with Crippen molar-refractivity contribution in [2.24, 2.45) is 0 Å². The highest BCUT2D eigenvalue weighted by Gasteiger charge is 2.04. The fourth-order valence-corrected chi connectivity index (χ4v) is 1.81. The Morgan fingerprint density at radius 1 is 1.25 bits per heavy atom. The highest BCUT2D eigenvalue weighted by atomic mass is 16.5. The number of unbranched alkanes of at least 4 members (excludes halogenated alkanes) is 1. The molecule has 2 N–H and O–H groups in total. The molecule has 0 aliphatic carbocycles. The number of esters is 1. The van der Waals surface area contributed by atoms with Crippen LogP contribution in [0.25, 0.3) is 0 Å². The third kappa shape index (κ3) is 6.06. The highest BCUT2D eigenvalue weighted by Crippen LogP contribution is 2.13. The predicted octanol–water partition coefficient (Wildman–Crippen LogP) is 1.99. The molecule has 0 spiro atoms. The quantitative estimate of drug-likeness (QED) is 0.556. The number of hydrogen-bond acceptors (Lipinski definition) is 3. The number of hydrogen-bond donors (Lipinski definition) is 1. The summed E-state index contributed by atoms with van der Waals surface area (Å²) in [4.78, 5) is 11.3. The lowest BCUT2D eigenvalue weighted by Gasteiger charge is -2.09. The molecule has 0 amide bonds. The molecule has 0 saturated heterocycles. The van der Waals surface area contributed by atoms with Crippen molar-refractivity contribution in [3.05, 3.63) is 29.8 Å². The van der Waals surface area contributed by atoms with E-state index in [-0.39, 0.29) is 5.97 Å². The zero-order valence-electron chi connectivity index (χ0n) is 12.7. The van der Waals surface area contributed by atoms with E-state index in [0.29, 0.717) is 18.2 Å². The van der Waals surface area contributed by atoms with Gasteiger partial charge in [-0.2, -0.15) is 0 Å². The molecule has 0 saturated carbocycles. The van der Waals surface area contributed by atoms with Crippen LogP contribution in [0.2, 0.25) is 0 Å². The number of rotatable bonds is 9. The maximum absolute atomic E-state index is 11.3. The first-order chi connectivity index (χ1) is 9.67. The molecule has 0 aliphatic rings. The molecule has 1 aromatic carbocycles. The lowest BCUT2D eigenvalue weighted by atomic mass is 10.2. The summed E-state index contributed by atoms with van der Waals surface area (Å²) in [5.41, 5.74) is 0.544. The molecule has 1 atom stereocenters. The topological polar surface area (TPSA) is 52.1 Å². The van der Waals surface area contributed by atoms with E-state index in [4.69, 9.17) is 4.74 Å². The van der Waals surface area contributed by atoms with E-state index in [0.717, 1.165) is 25.1 Å². The summed E-state index contributed by atoms with van der Waals surface area (Å²) in [6.07, 6.45) is 3.42. The minimum absolute atomic E-state index is 0.322. The molecular weight excluding hydrogens is 254 g/mol. The standard InChI is InChI=1S/C16H25NO3/c1-4-13(2)17-11-5-6-12-20-15-9-7-14(8-10-15)16(18)19-3/h7-10,13,17H,4-6,11-12H2,1-3H3/p+1/t13-/m1/s1. The number of carbonyl (C=O) groups is 1. The van der Waals surface area contributed by atoms with Crippen LogP contribution in [0.1, 0.15) is 43.5 Å². The van der Waals surface area contributed by atoms with Crippen molar-refractivity contribution in [1.29, 1.82) is 0 Å². The minimum atomic E-state index is -0.322. The molecule has 4 nitrogen and oxygen atoms in total. The second-order valence-corrected chi connectivity index (χ2v) is 4.98. The fraction of sp³-hybridized carbons (Fsp3) is 0.562. The van der Waals surface area contributed by atoms with Gasteiger partial charge in [-0.1, -0.05) is 6.92 Å². The first-order valence-corrected chi connectivity index (χ1v) is 7.31. The van der Waals surface area contributed by atoms with Gasteiger partial charge in [-0.25, -0.2) is 4.79 Å². The molecule has 0 fully saturated rings. The SMILES string of the molecule is CC[C@@H](C)[NH2+]CCCCOc1ccc(C(=O)OC)cc1. The molecular formula is C16H26NO3+. The van der Waals surface area contributed by atoms with Crippen LogP contribution in [0.15, 0.2) is 24.3 Å². The molecule has 0 aromatic heterocycles. The summed E-state index contributed by atoms with van der Waals surface area (Å²) in [5, 5.41) is 2.38. The van der Waals surface area contributed by atoms with E-state index in [1.807, 2.05) is 0 Å². The maximum atomic E-state index is 11.3. The third-order valence-corrected chi connectivity index (χ3v) is 3.36. The van der Waals surface area contributed by atoms with Crippen molar-refractivity contribution >= 4 is 5.97 Å². The molecule has 0 unspecified atom stereocenters. The van der Waals surface area contributed by atoms with Gasteiger partial charge in [-0.05, 0) is 50.5 Å². The molecule has 0 radical (unpaired) electrons. The molecule has 0 heterocycles. The average Bonchev–Trinajstić information content (AvgIpc) is 2.50. The van der Waals surface area contributed by atoms with Gasteiger partial charge in [0.15, 0.2) is 0 Å². The minimum Gasteiger partial charge on any atom is -0.494 e. The summed E-state index contributed by atoms with van der Waals surface area (Å²) in [6.45, 7) is 6.33. The Labute approximate surface area is 121 Å². The van der Waals surface area contributed by atoms with Gasteiger partial charge in [0.25, 0.3) is 0 Å². The Kier molecular flexibility index (Phi) is 7.73. The molecule has 1 rings (SSSR count). The maximum Gasteiger partial charge on any atom is 0.337 e. The fourth-order valence-electron chi connectivity index (χ4n) is 1.81. The molecule has 112 valence electrons. The zero-order valence-corrected chi connectivity index (χ0v) is 12.7. The van der Waals surface area contributed by atoms with Crippen LogP contribution in [-0.4, -0.2) is 32.3 Å². The Bertz CT molecular complexity index is 389. The van der Waals surface area contributed by atoms with E-state index in [9.17, 15) is 4.79 Å². The summed E-state index contributed by atoms with van der Waals surface area (Å²) in [7, 11) is 1.38. The average molecular weight is 280 g/mol. The van der Waals surface area contributed by atoms with E-state index < -0.39 is 0 Å². The lowest BCUT2D eigenvalue weighted by Crippen LogP contribution is -2.89. The molecule has 4 heteroatoms. The van der Waals surface area contributed by atoms with Crippen molar-refractivity contribution in [2.75, 3.05) is 20.3 Å². The van der Waals surface area contributed by atoms with Gasteiger partial charge in [0, 0.05) is 0 Å². The molecule has 20 heavy (non-hydrogen) atoms. The van der Waals surface area contributed by atoms with Crippen LogP contribution < -0.4 is 10.1 Å². The van der Waals surface area contributed by atoms with Crippen LogP contribution in [0, 0.1) is 0 Å². The lowest BCUT2D eigenvalue weighted by molar-refractivity contribution is -0.686. The monoisotopic (exact) mass is 280 g/mol. The smallest absolute Gasteiger partial charge is 0.337 e. The molecule has 1 aromatic rings. The van der Waals surface area contributed by atoms with Gasteiger partial charge in [-0.3, -0.25) is 0 Å². The number of nitrogens with two attached hydrogens (primary N) is 1. The van der Waals surface area contributed by atoms with Gasteiger partial charge < -0.3 is 14.8 Å². The van der Waals surface area contributed by atoms with Crippen LogP contribution in [0.4, 0.5) is 0 Å². The summed E-state index contributed by atoms with van der Waals surface area (Å²) in [5.74, 6) is 0.473. The summed E-state index contributed by atoms with van der Waals surface area (Å²) in [6, 6.07) is 7.76. The van der Waals surface area contributed by atoms with Gasteiger partial charge >= 0.3 is 5.97 Å². The zero-order chi connectivity index (χ0) is 14.8. The van der Waals surface area contributed by atoms with E-state index in [1.165, 1.54) is 13.5 Å². The Hall–Kier alpha value is -1.55. The van der Waals surface area contributed by atoms with Crippen molar-refractivity contribution in [2.45, 2.75) is 39.2 Å². The van der Waals surface area contributed by atoms with E-state index in [1.54, 1.807) is 24.3 Å². The van der Waals surface area contributed by atoms with Crippen LogP contribution >= 0.6 is 0 Å². The van der Waals surface area contributed by atoms with Crippen LogP contribution in [-0.2, 0) is 4.74 Å². The molecule has 0 bridgehead atoms. The van der Waals surface area contributed by atoms with E-state index in [2.05, 4.69) is 23.9 Å². The second-order valence-electron chi connectivity index (χ2n) is 4.98. The van der Waals surface area contributed by atoms with Crippen LogP contribution in [0.3, 0.4) is 0 Å². The number of quaternary nitrogens is 1. The van der Waals surface area contributed by atoms with Gasteiger partial charge in [0.2, 0.25) is 0 Å². The Morgan fingerprint density at radius 2 is 1.95 bits per heavy atom. The van der Waals surface area contributed by atoms with E-state index >= 15 is 0 Å². The largest absolute Gasteiger partial charge is 0.494 e. The third-order valence-electron chi connectivity index (χ3n) is 3.36. The Morgan fingerprint density at radius 3 is 2.55 bits per heavy atom. The predicted molar refractivity (Wildman–Crippen MR) is 79.1 cm³/mol. The van der Waals surface area contributed by atoms with Crippen molar-refractivity contribution < 1.29 is 19.6 Å². The first kappa shape index (κ1) is 16.5. The Balaban J connectivity index is 2.17. The van der Waals surface area contributed by atoms with Crippen molar-refractivity contribution in [1.82, 2.24) is 0 Å². The van der Waals surface area contributed by atoms with Gasteiger partial charge in [0.1, 0.15) is 5.75 Å². The number of carbonyl (C=O) groups excluding carboxylic acids is 1. The van der Waals surface area contributed by atoms with Crippen molar-refractivity contribution in [3.8, 4) is 5.75 Å². The van der Waals surface area contributed by atoms with Gasteiger partial charge in [-0.15, -0.1) is 0 Å². The molecule has 0 aliphatic heterocycles.